The van der Waals surface area contributed by atoms with Crippen LogP contribution in [-0.2, 0) is 27.9 Å². The summed E-state index contributed by atoms with van der Waals surface area (Å²) in [6, 6.07) is 0. The van der Waals surface area contributed by atoms with E-state index in [1.807, 2.05) is 0 Å². The van der Waals surface area contributed by atoms with E-state index >= 15 is 0 Å². The summed E-state index contributed by atoms with van der Waals surface area (Å²) in [6.45, 7) is 4.87. The maximum atomic E-state index is 12.7. The lowest BCUT2D eigenvalue weighted by Gasteiger charge is -2.20. The Morgan fingerprint density at radius 3 is 1.27 bits per heavy atom. The molecule has 0 aromatic carbocycles. The number of allylic oxidation sites excluding steroid dienone is 12. The van der Waals surface area contributed by atoms with E-state index in [1.54, 1.807) is 0 Å². The molecule has 0 saturated heterocycles. The fourth-order valence-electron chi connectivity index (χ4n) is 7.19. The number of nitrogens with two attached hydrogens (primary N) is 1. The molecule has 0 saturated carbocycles. The summed E-state index contributed by atoms with van der Waals surface area (Å²) in [5, 5.41) is 0. The molecule has 0 aliphatic rings. The summed E-state index contributed by atoms with van der Waals surface area (Å²) in [5.74, 6) is -0.338. The minimum absolute atomic E-state index is 0.0948. The van der Waals surface area contributed by atoms with E-state index in [9.17, 15) is 14.3 Å². The zero-order valence-corrected chi connectivity index (χ0v) is 42.4. The molecule has 0 aliphatic carbocycles. The number of phosphoric ester groups is 1. The first-order valence-electron chi connectivity index (χ1n) is 26.4. The number of carbonyl (C=O) groups is 1. The molecule has 0 radical (unpaired) electrons. The van der Waals surface area contributed by atoms with Crippen molar-refractivity contribution < 1.29 is 32.8 Å². The molecule has 0 fully saturated rings. The number of rotatable bonds is 50. The van der Waals surface area contributed by atoms with Crippen LogP contribution in [0.3, 0.4) is 0 Å². The first-order valence-corrected chi connectivity index (χ1v) is 27.9. The van der Waals surface area contributed by atoms with E-state index in [0.29, 0.717) is 13.0 Å². The second-order valence-corrected chi connectivity index (χ2v) is 18.8. The van der Waals surface area contributed by atoms with Gasteiger partial charge in [0, 0.05) is 19.6 Å². The van der Waals surface area contributed by atoms with Crippen LogP contribution in [0.5, 0.6) is 0 Å². The lowest BCUT2D eigenvalue weighted by atomic mass is 10.0. The SMILES string of the molecule is CCCCC/C=C\C/C=C\C/C=C\CCCCCCCCCOCC(COP(=O)(O)OCCN)OC(=O)CCCCCCCCCCCC/C=C\C/C=C\C/C=C\CCCCCCC. The van der Waals surface area contributed by atoms with Gasteiger partial charge in [0.25, 0.3) is 0 Å². The number of carbonyl (C=O) groups excluding carboxylic acids is 1. The smallest absolute Gasteiger partial charge is 0.457 e. The summed E-state index contributed by atoms with van der Waals surface area (Å²) in [7, 11) is -4.29. The zero-order chi connectivity index (χ0) is 46.5. The van der Waals surface area contributed by atoms with Gasteiger partial charge < -0.3 is 20.1 Å². The maximum absolute atomic E-state index is 12.7. The number of hydrogen-bond acceptors (Lipinski definition) is 7. The Bertz CT molecular complexity index is 1210. The zero-order valence-electron chi connectivity index (χ0n) is 41.5. The summed E-state index contributed by atoms with van der Waals surface area (Å²) < 4.78 is 33.6. The van der Waals surface area contributed by atoms with Crippen molar-refractivity contribution in [3.05, 3.63) is 72.9 Å². The van der Waals surface area contributed by atoms with E-state index in [1.165, 1.54) is 148 Å². The molecule has 0 amide bonds. The van der Waals surface area contributed by atoms with Crippen molar-refractivity contribution in [2.24, 2.45) is 5.73 Å². The third kappa shape index (κ3) is 50.9. The average Bonchev–Trinajstić information content (AvgIpc) is 3.29. The van der Waals surface area contributed by atoms with Gasteiger partial charge in [0.2, 0.25) is 0 Å². The molecular formula is C55H100NO7P. The molecule has 9 heteroatoms. The average molecular weight is 918 g/mol. The Morgan fingerprint density at radius 2 is 0.828 bits per heavy atom. The van der Waals surface area contributed by atoms with Gasteiger partial charge in [-0.2, -0.15) is 0 Å². The van der Waals surface area contributed by atoms with Crippen LogP contribution in [0, 0.1) is 0 Å². The summed E-state index contributed by atoms with van der Waals surface area (Å²) in [6.07, 6.45) is 66.5. The van der Waals surface area contributed by atoms with Crippen LogP contribution < -0.4 is 5.73 Å². The van der Waals surface area contributed by atoms with Crippen LogP contribution in [0.2, 0.25) is 0 Å². The standard InChI is InChI=1S/C55H100NO7P/c1-3-5-7-9-11-13-15-17-19-21-23-25-26-27-28-29-30-32-34-36-38-40-42-44-46-48-55(57)63-54(53-62-64(58,59)61-51-49-56)52-60-50-47-45-43-41-39-37-35-33-31-24-22-20-18-16-14-12-10-8-6-4-2/h12,14-15,17-18,20-21,23-24,26-27,31,54H,3-11,13,16,19,22,25,28-30,32-53,56H2,1-2H3,(H,58,59)/b14-12-,17-15-,20-18-,23-21-,27-26-,31-24-. The first kappa shape index (κ1) is 61.9. The van der Waals surface area contributed by atoms with Gasteiger partial charge >= 0.3 is 13.8 Å². The van der Waals surface area contributed by atoms with Crippen molar-refractivity contribution in [1.82, 2.24) is 0 Å². The Kier molecular flexibility index (Phi) is 50.2. The third-order valence-electron chi connectivity index (χ3n) is 11.1. The number of phosphoric acid groups is 1. The molecule has 372 valence electrons. The van der Waals surface area contributed by atoms with E-state index in [2.05, 4.69) is 86.8 Å². The molecule has 3 N–H and O–H groups in total. The fourth-order valence-corrected chi connectivity index (χ4v) is 7.95. The molecule has 0 heterocycles. The molecule has 0 aromatic rings. The van der Waals surface area contributed by atoms with Crippen molar-refractivity contribution in [2.45, 2.75) is 238 Å². The number of unbranched alkanes of at least 4 members (excludes halogenated alkanes) is 25. The Balaban J connectivity index is 3.97. The Labute approximate surface area is 395 Å². The van der Waals surface area contributed by atoms with E-state index in [0.717, 1.165) is 64.2 Å². The molecule has 0 bridgehead atoms. The van der Waals surface area contributed by atoms with Crippen molar-refractivity contribution in [3.63, 3.8) is 0 Å². The van der Waals surface area contributed by atoms with E-state index < -0.39 is 13.9 Å². The van der Waals surface area contributed by atoms with Gasteiger partial charge in [0.1, 0.15) is 6.10 Å². The molecule has 0 rings (SSSR count). The quantitative estimate of drug-likeness (QED) is 0.0268. The normalized spacial score (nSPS) is 13.9. The summed E-state index contributed by atoms with van der Waals surface area (Å²) in [4.78, 5) is 22.6. The van der Waals surface area contributed by atoms with Gasteiger partial charge in [-0.1, -0.05) is 209 Å². The Hall–Kier alpha value is -2.06. The minimum atomic E-state index is -4.29. The highest BCUT2D eigenvalue weighted by atomic mass is 31.2. The highest BCUT2D eigenvalue weighted by molar-refractivity contribution is 7.47. The topological polar surface area (TPSA) is 117 Å². The monoisotopic (exact) mass is 918 g/mol. The lowest BCUT2D eigenvalue weighted by molar-refractivity contribution is -0.154. The first-order chi connectivity index (χ1) is 31.4. The van der Waals surface area contributed by atoms with Crippen molar-refractivity contribution in [3.8, 4) is 0 Å². The van der Waals surface area contributed by atoms with E-state index in [4.69, 9.17) is 24.3 Å². The fraction of sp³-hybridized carbons (Fsp3) is 0.764. The molecule has 2 unspecified atom stereocenters. The molecule has 2 atom stereocenters. The van der Waals surface area contributed by atoms with Crippen LogP contribution >= 0.6 is 7.82 Å². The molecule has 0 spiro atoms. The number of hydrogen-bond donors (Lipinski definition) is 2. The molecule has 0 aliphatic heterocycles. The van der Waals surface area contributed by atoms with Crippen LogP contribution in [0.1, 0.15) is 232 Å². The number of esters is 1. The predicted molar refractivity (Wildman–Crippen MR) is 275 cm³/mol. The maximum Gasteiger partial charge on any atom is 0.472 e. The van der Waals surface area contributed by atoms with Gasteiger partial charge in [0.05, 0.1) is 19.8 Å². The van der Waals surface area contributed by atoms with Crippen molar-refractivity contribution in [1.29, 1.82) is 0 Å². The molecular weight excluding hydrogens is 818 g/mol. The molecule has 64 heavy (non-hydrogen) atoms. The predicted octanol–water partition coefficient (Wildman–Crippen LogP) is 16.6. The van der Waals surface area contributed by atoms with Crippen LogP contribution in [0.4, 0.5) is 0 Å². The second kappa shape index (κ2) is 51.9. The van der Waals surface area contributed by atoms with Gasteiger partial charge in [0.15, 0.2) is 0 Å². The molecule has 8 nitrogen and oxygen atoms in total. The Morgan fingerprint density at radius 1 is 0.469 bits per heavy atom. The minimum Gasteiger partial charge on any atom is -0.457 e. The van der Waals surface area contributed by atoms with E-state index in [-0.39, 0.29) is 32.3 Å². The van der Waals surface area contributed by atoms with Gasteiger partial charge in [-0.05, 0) is 89.9 Å². The van der Waals surface area contributed by atoms with Crippen LogP contribution in [0.15, 0.2) is 72.9 Å². The van der Waals surface area contributed by atoms with Gasteiger partial charge in [-0.3, -0.25) is 13.8 Å². The van der Waals surface area contributed by atoms with Gasteiger partial charge in [-0.15, -0.1) is 0 Å². The highest BCUT2D eigenvalue weighted by Crippen LogP contribution is 2.43. The largest absolute Gasteiger partial charge is 0.472 e. The van der Waals surface area contributed by atoms with Crippen LogP contribution in [0.25, 0.3) is 0 Å². The van der Waals surface area contributed by atoms with Crippen molar-refractivity contribution >= 4 is 13.8 Å². The van der Waals surface area contributed by atoms with Crippen molar-refractivity contribution in [2.75, 3.05) is 33.0 Å². The second-order valence-electron chi connectivity index (χ2n) is 17.4. The lowest BCUT2D eigenvalue weighted by Crippen LogP contribution is -2.28. The molecule has 0 aromatic heterocycles. The van der Waals surface area contributed by atoms with Crippen LogP contribution in [-0.4, -0.2) is 49.9 Å². The summed E-state index contributed by atoms with van der Waals surface area (Å²) >= 11 is 0. The van der Waals surface area contributed by atoms with Gasteiger partial charge in [-0.25, -0.2) is 4.57 Å². The number of ether oxygens (including phenoxy) is 2. The highest BCUT2D eigenvalue weighted by Gasteiger charge is 2.25. The summed E-state index contributed by atoms with van der Waals surface area (Å²) in [5.41, 5.74) is 5.39. The third-order valence-corrected chi connectivity index (χ3v) is 12.1.